The van der Waals surface area contributed by atoms with E-state index in [9.17, 15) is 4.79 Å². The smallest absolute Gasteiger partial charge is 0.223 e. The Kier molecular flexibility index (Phi) is 9.15. The standard InChI is InChI=1S/C23H32N4O2S/c28-22(27(20-10-4-5-11-20)18-21-12-8-16-29-21)13-3-1-2-6-15-25-23(30)26-19-9-7-14-24-17-19/h7-9,12,14,16-17,20H,1-6,10-11,13,15,18H2,(H2,25,26,30). The van der Waals surface area contributed by atoms with Crippen molar-refractivity contribution >= 4 is 28.9 Å². The minimum Gasteiger partial charge on any atom is -0.467 e. The summed E-state index contributed by atoms with van der Waals surface area (Å²) in [7, 11) is 0. The fourth-order valence-electron chi connectivity index (χ4n) is 3.92. The van der Waals surface area contributed by atoms with Gasteiger partial charge in [-0.1, -0.05) is 25.7 Å². The molecule has 0 radical (unpaired) electrons. The Bertz CT molecular complexity index is 761. The number of furan rings is 1. The maximum atomic E-state index is 12.8. The normalized spacial score (nSPS) is 13.9. The Morgan fingerprint density at radius 3 is 2.73 bits per heavy atom. The van der Waals surface area contributed by atoms with E-state index >= 15 is 0 Å². The Morgan fingerprint density at radius 1 is 1.17 bits per heavy atom. The van der Waals surface area contributed by atoms with E-state index in [-0.39, 0.29) is 5.91 Å². The molecule has 162 valence electrons. The molecule has 1 aliphatic rings. The third-order valence-electron chi connectivity index (χ3n) is 5.51. The van der Waals surface area contributed by atoms with E-state index in [0.29, 0.717) is 24.1 Å². The van der Waals surface area contributed by atoms with Crippen LogP contribution >= 0.6 is 12.2 Å². The van der Waals surface area contributed by atoms with Gasteiger partial charge in [0.1, 0.15) is 5.76 Å². The number of amides is 1. The third-order valence-corrected chi connectivity index (χ3v) is 5.76. The molecule has 0 saturated heterocycles. The zero-order valence-electron chi connectivity index (χ0n) is 17.5. The highest BCUT2D eigenvalue weighted by Crippen LogP contribution is 2.26. The van der Waals surface area contributed by atoms with Gasteiger partial charge in [0.25, 0.3) is 0 Å². The topological polar surface area (TPSA) is 70.4 Å². The van der Waals surface area contributed by atoms with Crippen LogP contribution in [0.2, 0.25) is 0 Å². The number of carbonyl (C=O) groups excluding carboxylic acids is 1. The van der Waals surface area contributed by atoms with Gasteiger partial charge in [-0.2, -0.15) is 0 Å². The summed E-state index contributed by atoms with van der Waals surface area (Å²) in [6.07, 6.45) is 14.5. The van der Waals surface area contributed by atoms with Crippen molar-refractivity contribution in [1.82, 2.24) is 15.2 Å². The van der Waals surface area contributed by atoms with E-state index in [0.717, 1.165) is 56.5 Å². The van der Waals surface area contributed by atoms with Crippen LogP contribution in [0, 0.1) is 0 Å². The van der Waals surface area contributed by atoms with Gasteiger partial charge in [-0.15, -0.1) is 0 Å². The molecule has 3 rings (SSSR count). The molecule has 2 heterocycles. The van der Waals surface area contributed by atoms with Gasteiger partial charge in [0.2, 0.25) is 5.91 Å². The quantitative estimate of drug-likeness (QED) is 0.393. The molecule has 0 aromatic carbocycles. The van der Waals surface area contributed by atoms with Crippen LogP contribution < -0.4 is 10.6 Å². The SMILES string of the molecule is O=C(CCCCCCNC(=S)Nc1cccnc1)N(Cc1ccco1)C1CCCC1. The molecule has 2 aromatic rings. The van der Waals surface area contributed by atoms with Crippen LogP contribution in [0.3, 0.4) is 0 Å². The van der Waals surface area contributed by atoms with Crippen LogP contribution in [0.15, 0.2) is 47.3 Å². The molecule has 7 heteroatoms. The number of nitrogens with zero attached hydrogens (tertiary/aromatic N) is 2. The zero-order valence-corrected chi connectivity index (χ0v) is 18.3. The molecular weight excluding hydrogens is 396 g/mol. The summed E-state index contributed by atoms with van der Waals surface area (Å²) in [5.41, 5.74) is 0.884. The van der Waals surface area contributed by atoms with Gasteiger partial charge in [0.15, 0.2) is 5.11 Å². The Hall–Kier alpha value is -2.41. The van der Waals surface area contributed by atoms with Gasteiger partial charge in [-0.25, -0.2) is 0 Å². The second-order valence-corrected chi connectivity index (χ2v) is 8.23. The van der Waals surface area contributed by atoms with Crippen molar-refractivity contribution in [3.8, 4) is 0 Å². The summed E-state index contributed by atoms with van der Waals surface area (Å²) in [6, 6.07) is 8.02. The van der Waals surface area contributed by atoms with Crippen LogP contribution in [-0.2, 0) is 11.3 Å². The molecule has 0 spiro atoms. The average molecular weight is 429 g/mol. The molecular formula is C23H32N4O2S. The van der Waals surface area contributed by atoms with Crippen molar-refractivity contribution in [1.29, 1.82) is 0 Å². The first-order chi connectivity index (χ1) is 14.7. The van der Waals surface area contributed by atoms with Crippen LogP contribution in [-0.4, -0.2) is 33.5 Å². The van der Waals surface area contributed by atoms with Crippen LogP contribution in [0.5, 0.6) is 0 Å². The molecule has 1 saturated carbocycles. The molecule has 1 fully saturated rings. The van der Waals surface area contributed by atoms with E-state index in [1.54, 1.807) is 18.7 Å². The first kappa shape index (κ1) is 22.3. The van der Waals surface area contributed by atoms with Gasteiger partial charge in [0, 0.05) is 25.2 Å². The maximum absolute atomic E-state index is 12.8. The molecule has 0 unspecified atom stereocenters. The van der Waals surface area contributed by atoms with Gasteiger partial charge >= 0.3 is 0 Å². The number of hydrogen-bond donors (Lipinski definition) is 2. The molecule has 6 nitrogen and oxygen atoms in total. The average Bonchev–Trinajstić information content (AvgIpc) is 3.46. The Labute approximate surface area is 184 Å². The van der Waals surface area contributed by atoms with Crippen LogP contribution in [0.25, 0.3) is 0 Å². The number of thiocarbonyl (C=S) groups is 1. The molecule has 0 aliphatic heterocycles. The molecule has 2 N–H and O–H groups in total. The highest BCUT2D eigenvalue weighted by molar-refractivity contribution is 7.80. The van der Waals surface area contributed by atoms with Gasteiger partial charge in [-0.05, 0) is 62.2 Å². The fraction of sp³-hybridized carbons (Fsp3) is 0.522. The van der Waals surface area contributed by atoms with Gasteiger partial charge in [-0.3, -0.25) is 9.78 Å². The van der Waals surface area contributed by atoms with Gasteiger partial charge < -0.3 is 20.0 Å². The van der Waals surface area contributed by atoms with Crippen molar-refractivity contribution < 1.29 is 9.21 Å². The molecule has 2 aromatic heterocycles. The number of pyridine rings is 1. The number of rotatable bonds is 11. The predicted octanol–water partition coefficient (Wildman–Crippen LogP) is 4.88. The van der Waals surface area contributed by atoms with E-state index < -0.39 is 0 Å². The van der Waals surface area contributed by atoms with E-state index in [1.165, 1.54) is 12.8 Å². The molecule has 1 aliphatic carbocycles. The number of hydrogen-bond acceptors (Lipinski definition) is 4. The molecule has 0 bridgehead atoms. The number of unbranched alkanes of at least 4 members (excludes halogenated alkanes) is 3. The summed E-state index contributed by atoms with van der Waals surface area (Å²) >= 11 is 5.29. The second kappa shape index (κ2) is 12.3. The van der Waals surface area contributed by atoms with Crippen LogP contribution in [0.1, 0.15) is 63.5 Å². The number of carbonyl (C=O) groups is 1. The van der Waals surface area contributed by atoms with Crippen molar-refractivity contribution in [2.24, 2.45) is 0 Å². The third kappa shape index (κ3) is 7.44. The predicted molar refractivity (Wildman–Crippen MR) is 123 cm³/mol. The summed E-state index contributed by atoms with van der Waals surface area (Å²) < 4.78 is 5.48. The highest BCUT2D eigenvalue weighted by Gasteiger charge is 2.26. The first-order valence-electron chi connectivity index (χ1n) is 11.0. The minimum atomic E-state index is 0.262. The molecule has 30 heavy (non-hydrogen) atoms. The summed E-state index contributed by atoms with van der Waals surface area (Å²) in [6.45, 7) is 1.43. The number of nitrogens with one attached hydrogen (secondary N) is 2. The lowest BCUT2D eigenvalue weighted by Crippen LogP contribution is -2.38. The lowest BCUT2D eigenvalue weighted by atomic mass is 10.1. The maximum Gasteiger partial charge on any atom is 0.223 e. The lowest BCUT2D eigenvalue weighted by molar-refractivity contribution is -0.134. The zero-order chi connectivity index (χ0) is 21.0. The van der Waals surface area contributed by atoms with Crippen molar-refractivity contribution in [2.75, 3.05) is 11.9 Å². The minimum absolute atomic E-state index is 0.262. The largest absolute Gasteiger partial charge is 0.467 e. The lowest BCUT2D eigenvalue weighted by Gasteiger charge is -2.28. The van der Waals surface area contributed by atoms with E-state index in [2.05, 4.69) is 20.5 Å². The summed E-state index contributed by atoms with van der Waals surface area (Å²) in [5, 5.41) is 6.95. The number of anilines is 1. The van der Waals surface area contributed by atoms with Crippen LogP contribution in [0.4, 0.5) is 5.69 Å². The van der Waals surface area contributed by atoms with E-state index in [4.69, 9.17) is 16.6 Å². The molecule has 1 amide bonds. The summed E-state index contributed by atoms with van der Waals surface area (Å²) in [4.78, 5) is 19.0. The molecule has 0 atom stereocenters. The van der Waals surface area contributed by atoms with Gasteiger partial charge in [0.05, 0.1) is 24.7 Å². The van der Waals surface area contributed by atoms with E-state index in [1.807, 2.05) is 24.3 Å². The monoisotopic (exact) mass is 428 g/mol. The first-order valence-corrected chi connectivity index (χ1v) is 11.4. The Morgan fingerprint density at radius 2 is 2.00 bits per heavy atom. The fourth-order valence-corrected chi connectivity index (χ4v) is 4.14. The van der Waals surface area contributed by atoms with Crippen molar-refractivity contribution in [3.05, 3.63) is 48.7 Å². The van der Waals surface area contributed by atoms with Crippen molar-refractivity contribution in [3.63, 3.8) is 0 Å². The highest BCUT2D eigenvalue weighted by atomic mass is 32.1. The summed E-state index contributed by atoms with van der Waals surface area (Å²) in [5.74, 6) is 1.13. The van der Waals surface area contributed by atoms with Crippen molar-refractivity contribution in [2.45, 2.75) is 70.4 Å². The number of aromatic nitrogens is 1. The second-order valence-electron chi connectivity index (χ2n) is 7.83. The Balaban J connectivity index is 1.29.